The molecule has 3 aromatic rings. The second-order valence-corrected chi connectivity index (χ2v) is 7.30. The summed E-state index contributed by atoms with van der Waals surface area (Å²) in [6, 6.07) is 16.1. The lowest BCUT2D eigenvalue weighted by atomic mass is 10.0. The number of nitrogens with zero attached hydrogens (tertiary/aromatic N) is 2. The predicted octanol–water partition coefficient (Wildman–Crippen LogP) is 4.23. The van der Waals surface area contributed by atoms with Gasteiger partial charge in [0.25, 0.3) is 5.91 Å². The van der Waals surface area contributed by atoms with Crippen LogP contribution in [0.1, 0.15) is 34.2 Å². The Labute approximate surface area is 166 Å². The van der Waals surface area contributed by atoms with E-state index in [2.05, 4.69) is 47.7 Å². The number of carbonyl (C=O) groups is 1. The Balaban J connectivity index is 2.07. The second kappa shape index (κ2) is 8.40. The van der Waals surface area contributed by atoms with Crippen LogP contribution in [0.5, 0.6) is 0 Å². The first-order chi connectivity index (χ1) is 13.4. The van der Waals surface area contributed by atoms with Crippen molar-refractivity contribution < 1.29 is 9.53 Å². The van der Waals surface area contributed by atoms with Crippen molar-refractivity contribution in [2.45, 2.75) is 33.7 Å². The van der Waals surface area contributed by atoms with Crippen LogP contribution in [0.2, 0.25) is 0 Å². The molecule has 5 nitrogen and oxygen atoms in total. The molecular formula is C23H27N3O2. The number of aromatic nitrogens is 2. The highest BCUT2D eigenvalue weighted by atomic mass is 16.5. The van der Waals surface area contributed by atoms with E-state index in [1.165, 1.54) is 5.56 Å². The summed E-state index contributed by atoms with van der Waals surface area (Å²) in [6.07, 6.45) is 0. The Bertz CT molecular complexity index is 974. The molecule has 5 heteroatoms. The zero-order valence-electron chi connectivity index (χ0n) is 17.1. The van der Waals surface area contributed by atoms with Gasteiger partial charge in [0.15, 0.2) is 0 Å². The van der Waals surface area contributed by atoms with Crippen LogP contribution in [0.3, 0.4) is 0 Å². The van der Waals surface area contributed by atoms with Gasteiger partial charge in [-0.1, -0.05) is 29.8 Å². The molecule has 146 valence electrons. The molecule has 0 aliphatic heterocycles. The smallest absolute Gasteiger partial charge is 0.251 e. The van der Waals surface area contributed by atoms with Crippen LogP contribution in [-0.4, -0.2) is 35.4 Å². The average Bonchev–Trinajstić information content (AvgIpc) is 3.00. The molecular weight excluding hydrogens is 350 g/mol. The van der Waals surface area contributed by atoms with Gasteiger partial charge in [-0.05, 0) is 63.1 Å². The third-order valence-electron chi connectivity index (χ3n) is 4.61. The number of rotatable bonds is 6. The molecule has 0 saturated heterocycles. The lowest BCUT2D eigenvalue weighted by Gasteiger charge is -2.15. The lowest BCUT2D eigenvalue weighted by molar-refractivity contribution is 0.0905. The topological polar surface area (TPSA) is 56.1 Å². The second-order valence-electron chi connectivity index (χ2n) is 7.30. The first-order valence-electron chi connectivity index (χ1n) is 9.43. The van der Waals surface area contributed by atoms with E-state index >= 15 is 0 Å². The summed E-state index contributed by atoms with van der Waals surface area (Å²) in [7, 11) is 1.63. The Kier molecular flexibility index (Phi) is 5.95. The number of methoxy groups -OCH3 is 1. The van der Waals surface area contributed by atoms with E-state index in [1.54, 1.807) is 7.11 Å². The molecule has 0 spiro atoms. The maximum atomic E-state index is 12.8. The monoisotopic (exact) mass is 377 g/mol. The molecule has 0 aliphatic rings. The van der Waals surface area contributed by atoms with Gasteiger partial charge in [-0.2, -0.15) is 5.10 Å². The minimum Gasteiger partial charge on any atom is -0.383 e. The number of carbonyl (C=O) groups excluding carboxylic acids is 1. The van der Waals surface area contributed by atoms with E-state index in [1.807, 2.05) is 43.7 Å². The first kappa shape index (κ1) is 19.8. The van der Waals surface area contributed by atoms with Crippen LogP contribution in [0, 0.1) is 20.8 Å². The molecule has 0 bridgehead atoms. The molecule has 3 rings (SSSR count). The molecule has 0 saturated carbocycles. The zero-order chi connectivity index (χ0) is 20.3. The maximum absolute atomic E-state index is 12.8. The highest BCUT2D eigenvalue weighted by molar-refractivity contribution is 5.96. The summed E-state index contributed by atoms with van der Waals surface area (Å²) in [6.45, 7) is 8.43. The van der Waals surface area contributed by atoms with Crippen molar-refractivity contribution in [2.75, 3.05) is 13.7 Å². The third-order valence-corrected chi connectivity index (χ3v) is 4.61. The fourth-order valence-electron chi connectivity index (χ4n) is 3.27. The number of benzene rings is 2. The van der Waals surface area contributed by atoms with Crippen LogP contribution < -0.4 is 5.32 Å². The van der Waals surface area contributed by atoms with Gasteiger partial charge >= 0.3 is 0 Å². The summed E-state index contributed by atoms with van der Waals surface area (Å²) in [5.41, 5.74) is 6.68. The van der Waals surface area contributed by atoms with E-state index in [0.717, 1.165) is 28.2 Å². The van der Waals surface area contributed by atoms with Gasteiger partial charge in [0.2, 0.25) is 0 Å². The van der Waals surface area contributed by atoms with E-state index in [0.29, 0.717) is 12.2 Å². The fraction of sp³-hybridized carbons (Fsp3) is 0.304. The van der Waals surface area contributed by atoms with Gasteiger partial charge in [0.05, 0.1) is 18.0 Å². The van der Waals surface area contributed by atoms with E-state index < -0.39 is 0 Å². The van der Waals surface area contributed by atoms with Gasteiger partial charge in [-0.25, -0.2) is 4.68 Å². The first-order valence-corrected chi connectivity index (χ1v) is 9.43. The summed E-state index contributed by atoms with van der Waals surface area (Å²) >= 11 is 0. The summed E-state index contributed by atoms with van der Waals surface area (Å²) < 4.78 is 7.00. The number of aryl methyl sites for hydroxylation is 3. The van der Waals surface area contributed by atoms with Crippen LogP contribution >= 0.6 is 0 Å². The van der Waals surface area contributed by atoms with Crippen molar-refractivity contribution in [3.8, 4) is 16.8 Å². The quantitative estimate of drug-likeness (QED) is 0.699. The Morgan fingerprint density at radius 2 is 1.79 bits per heavy atom. The van der Waals surface area contributed by atoms with Gasteiger partial charge in [0.1, 0.15) is 0 Å². The fourth-order valence-corrected chi connectivity index (χ4v) is 3.27. The van der Waals surface area contributed by atoms with Gasteiger partial charge in [0, 0.05) is 24.4 Å². The largest absolute Gasteiger partial charge is 0.383 e. The average molecular weight is 377 g/mol. The van der Waals surface area contributed by atoms with Gasteiger partial charge in [-0.15, -0.1) is 0 Å². The molecule has 1 heterocycles. The molecule has 0 aliphatic carbocycles. The number of amides is 1. The molecule has 1 amide bonds. The minimum atomic E-state index is -0.124. The van der Waals surface area contributed by atoms with Crippen molar-refractivity contribution in [3.05, 3.63) is 71.0 Å². The van der Waals surface area contributed by atoms with Crippen molar-refractivity contribution >= 4 is 5.91 Å². The number of hydrogen-bond acceptors (Lipinski definition) is 3. The predicted molar refractivity (Wildman–Crippen MR) is 112 cm³/mol. The zero-order valence-corrected chi connectivity index (χ0v) is 17.1. The molecule has 1 unspecified atom stereocenters. The number of hydrogen-bond donors (Lipinski definition) is 1. The Morgan fingerprint density at radius 3 is 2.39 bits per heavy atom. The van der Waals surface area contributed by atoms with E-state index in [-0.39, 0.29) is 11.9 Å². The van der Waals surface area contributed by atoms with Crippen molar-refractivity contribution in [1.29, 1.82) is 0 Å². The molecule has 1 atom stereocenters. The Morgan fingerprint density at radius 1 is 1.07 bits per heavy atom. The summed E-state index contributed by atoms with van der Waals surface area (Å²) in [5, 5.41) is 7.57. The van der Waals surface area contributed by atoms with Crippen molar-refractivity contribution in [3.63, 3.8) is 0 Å². The van der Waals surface area contributed by atoms with E-state index in [4.69, 9.17) is 4.74 Å². The highest BCUT2D eigenvalue weighted by Gasteiger charge is 2.14. The van der Waals surface area contributed by atoms with Crippen LogP contribution in [0.4, 0.5) is 0 Å². The summed E-state index contributed by atoms with van der Waals surface area (Å²) in [4.78, 5) is 12.8. The van der Waals surface area contributed by atoms with Gasteiger partial charge < -0.3 is 10.1 Å². The lowest BCUT2D eigenvalue weighted by Crippen LogP contribution is -2.35. The van der Waals surface area contributed by atoms with Gasteiger partial charge in [-0.3, -0.25) is 4.79 Å². The molecule has 1 N–H and O–H groups in total. The molecule has 1 aromatic heterocycles. The molecule has 0 radical (unpaired) electrons. The molecule has 28 heavy (non-hydrogen) atoms. The molecule has 2 aromatic carbocycles. The van der Waals surface area contributed by atoms with Crippen LogP contribution in [0.25, 0.3) is 16.8 Å². The third kappa shape index (κ3) is 4.49. The molecule has 0 fully saturated rings. The summed E-state index contributed by atoms with van der Waals surface area (Å²) in [5.74, 6) is -0.124. The van der Waals surface area contributed by atoms with Crippen molar-refractivity contribution in [2.24, 2.45) is 0 Å². The van der Waals surface area contributed by atoms with Crippen LogP contribution in [0.15, 0.2) is 48.5 Å². The van der Waals surface area contributed by atoms with Crippen molar-refractivity contribution in [1.82, 2.24) is 15.1 Å². The SMILES string of the molecule is COCC(C)NC(=O)c1cc(-c2ccc(C)cc2)cc(-n2nc(C)cc2C)c1. The number of ether oxygens (including phenoxy) is 1. The van der Waals surface area contributed by atoms with E-state index in [9.17, 15) is 4.79 Å². The normalized spacial score (nSPS) is 12.0. The maximum Gasteiger partial charge on any atom is 0.251 e. The number of nitrogens with one attached hydrogen (secondary N) is 1. The minimum absolute atomic E-state index is 0.0716. The van der Waals surface area contributed by atoms with Crippen LogP contribution in [-0.2, 0) is 4.74 Å². The Hall–Kier alpha value is -2.92. The standard InChI is InChI=1S/C23H27N3O2/c1-15-6-8-19(9-7-15)20-11-21(23(27)24-17(3)14-28-5)13-22(12-20)26-18(4)10-16(2)25-26/h6-13,17H,14H2,1-5H3,(H,24,27). The highest BCUT2D eigenvalue weighted by Crippen LogP contribution is 2.25.